The summed E-state index contributed by atoms with van der Waals surface area (Å²) in [5.74, 6) is 1.65. The minimum Gasteiger partial charge on any atom is -0.457 e. The summed E-state index contributed by atoms with van der Waals surface area (Å²) in [6, 6.07) is 52.1. The van der Waals surface area contributed by atoms with Crippen LogP contribution in [0, 0.1) is 0 Å². The van der Waals surface area contributed by atoms with E-state index in [-0.39, 0.29) is 16.2 Å². The quantitative estimate of drug-likeness (QED) is 0.174. The molecule has 1 spiro atoms. The summed E-state index contributed by atoms with van der Waals surface area (Å²) in [6.07, 6.45) is 3.79. The maximum atomic E-state index is 7.09. The van der Waals surface area contributed by atoms with Gasteiger partial charge in [-0.1, -0.05) is 111 Å². The fourth-order valence-electron chi connectivity index (χ4n) is 10.8. The zero-order valence-electron chi connectivity index (χ0n) is 38.1. The molecule has 0 amide bonds. The number of aromatic nitrogens is 4. The molecule has 64 heavy (non-hydrogen) atoms. The lowest BCUT2D eigenvalue weighted by molar-refractivity contribution is 0.436. The van der Waals surface area contributed by atoms with Gasteiger partial charge in [0, 0.05) is 56.4 Å². The van der Waals surface area contributed by atoms with Gasteiger partial charge in [-0.05, 0) is 135 Å². The molecular weight excluding hydrogens is 781 g/mol. The van der Waals surface area contributed by atoms with Gasteiger partial charge >= 0.3 is 0 Å². The highest BCUT2D eigenvalue weighted by Gasteiger charge is 2.53. The van der Waals surface area contributed by atoms with Crippen LogP contribution in [0.2, 0.25) is 0 Å². The molecule has 5 heteroatoms. The van der Waals surface area contributed by atoms with E-state index in [4.69, 9.17) is 14.7 Å². The van der Waals surface area contributed by atoms with Crippen LogP contribution in [0.25, 0.3) is 66.4 Å². The lowest BCUT2D eigenvalue weighted by atomic mass is 9.66. The molecule has 5 heterocycles. The Morgan fingerprint density at radius 2 is 0.797 bits per heavy atom. The van der Waals surface area contributed by atoms with Gasteiger partial charge in [0.05, 0.1) is 38.9 Å². The Kier molecular flexibility index (Phi) is 7.88. The van der Waals surface area contributed by atoms with Gasteiger partial charge < -0.3 is 13.9 Å². The maximum absolute atomic E-state index is 7.09. The van der Waals surface area contributed by atoms with Crippen LogP contribution in [0.5, 0.6) is 11.5 Å². The molecule has 0 saturated carbocycles. The Morgan fingerprint density at radius 3 is 1.23 bits per heavy atom. The molecule has 6 aromatic carbocycles. The SMILES string of the molecule is CC(C)(C)c1ccc2c(c1)c1ccccc1n2-c1ccc2c(c1)C1(c3cc(-n4c5ccc(C(C)(C)C)cc5c5cc(C(C)(C)C)ccc54)ccc3O2)c2cccnc2-c2ncccc21. The smallest absolute Gasteiger partial charge is 0.132 e. The number of para-hydroxylation sites is 1. The van der Waals surface area contributed by atoms with Crippen molar-refractivity contribution < 1.29 is 4.74 Å². The highest BCUT2D eigenvalue weighted by atomic mass is 16.5. The van der Waals surface area contributed by atoms with Crippen molar-refractivity contribution in [2.75, 3.05) is 0 Å². The average Bonchev–Trinajstić information content (AvgIpc) is 3.89. The fraction of sp³-hybridized carbons (Fsp3) is 0.220. The molecule has 4 aromatic heterocycles. The van der Waals surface area contributed by atoms with E-state index >= 15 is 0 Å². The number of nitrogens with zero attached hydrogens (tertiary/aromatic N) is 4. The number of hydrogen-bond donors (Lipinski definition) is 0. The number of benzene rings is 6. The van der Waals surface area contributed by atoms with Crippen molar-refractivity contribution in [3.8, 4) is 34.3 Å². The van der Waals surface area contributed by atoms with Crippen molar-refractivity contribution in [2.45, 2.75) is 84.0 Å². The largest absolute Gasteiger partial charge is 0.457 e. The van der Waals surface area contributed by atoms with E-state index in [1.807, 2.05) is 12.4 Å². The van der Waals surface area contributed by atoms with Crippen LogP contribution in [0.1, 0.15) is 101 Å². The molecule has 0 radical (unpaired) electrons. The fourth-order valence-corrected chi connectivity index (χ4v) is 10.8. The summed E-state index contributed by atoms with van der Waals surface area (Å²) >= 11 is 0. The monoisotopic (exact) mass is 832 g/mol. The number of fused-ring (bicyclic) bond motifs is 15. The summed E-state index contributed by atoms with van der Waals surface area (Å²) in [7, 11) is 0. The Labute approximate surface area is 375 Å². The molecule has 12 rings (SSSR count). The molecule has 314 valence electrons. The van der Waals surface area contributed by atoms with Crippen molar-refractivity contribution in [2.24, 2.45) is 0 Å². The third kappa shape index (κ3) is 5.36. The normalized spacial score (nSPS) is 14.3. The van der Waals surface area contributed by atoms with Gasteiger partial charge in [0.25, 0.3) is 0 Å². The highest BCUT2D eigenvalue weighted by molar-refractivity contribution is 6.11. The van der Waals surface area contributed by atoms with E-state index in [2.05, 4.69) is 211 Å². The van der Waals surface area contributed by atoms with Crippen LogP contribution in [-0.2, 0) is 21.7 Å². The second-order valence-electron chi connectivity index (χ2n) is 21.1. The maximum Gasteiger partial charge on any atom is 0.132 e. The predicted molar refractivity (Wildman–Crippen MR) is 264 cm³/mol. The van der Waals surface area contributed by atoms with Crippen LogP contribution in [0.15, 0.2) is 152 Å². The first-order valence-electron chi connectivity index (χ1n) is 22.6. The average molecular weight is 833 g/mol. The standard InChI is InChI=1S/C59H52N4O/c1-56(2,3)35-18-23-49-41(30-35)40-14-10-11-17-48(40)62(49)38-21-26-52-46(33-38)59(44-15-12-28-60-54(44)55-45(59)16-13-29-61-55)47-34-39(22-27-53(47)64-52)63-50-24-19-36(57(4,5)6)31-42(50)43-32-37(58(7,8)9)20-25-51(43)63/h10-34H,1-9H3. The molecule has 0 unspecified atom stereocenters. The Hall–Kier alpha value is -6.98. The van der Waals surface area contributed by atoms with Crippen molar-refractivity contribution in [1.29, 1.82) is 0 Å². The van der Waals surface area contributed by atoms with Crippen molar-refractivity contribution in [3.63, 3.8) is 0 Å². The molecule has 0 atom stereocenters. The van der Waals surface area contributed by atoms with E-state index in [9.17, 15) is 0 Å². The lowest BCUT2D eigenvalue weighted by Gasteiger charge is -2.39. The predicted octanol–water partition coefficient (Wildman–Crippen LogP) is 15.0. The first kappa shape index (κ1) is 38.7. The summed E-state index contributed by atoms with van der Waals surface area (Å²) < 4.78 is 12.0. The molecule has 10 aromatic rings. The summed E-state index contributed by atoms with van der Waals surface area (Å²) in [6.45, 7) is 20.6. The van der Waals surface area contributed by atoms with E-state index in [1.54, 1.807) is 0 Å². The van der Waals surface area contributed by atoms with E-state index in [0.29, 0.717) is 0 Å². The topological polar surface area (TPSA) is 44.9 Å². The molecule has 0 saturated heterocycles. The molecule has 0 N–H and O–H groups in total. The van der Waals surface area contributed by atoms with Crippen LogP contribution in [-0.4, -0.2) is 19.1 Å². The summed E-state index contributed by atoms with van der Waals surface area (Å²) in [5, 5.41) is 5.01. The number of rotatable bonds is 2. The molecule has 5 nitrogen and oxygen atoms in total. The first-order chi connectivity index (χ1) is 30.6. The Balaban J connectivity index is 1.15. The minimum absolute atomic E-state index is 0.00591. The number of pyridine rings is 2. The Bertz CT molecular complexity index is 3480. The van der Waals surface area contributed by atoms with Crippen LogP contribution in [0.3, 0.4) is 0 Å². The Morgan fingerprint density at radius 1 is 0.391 bits per heavy atom. The zero-order valence-corrected chi connectivity index (χ0v) is 38.1. The first-order valence-corrected chi connectivity index (χ1v) is 22.6. The van der Waals surface area contributed by atoms with E-state index in [0.717, 1.165) is 56.5 Å². The van der Waals surface area contributed by atoms with Crippen molar-refractivity contribution in [3.05, 3.63) is 191 Å². The van der Waals surface area contributed by atoms with Gasteiger partial charge in [-0.15, -0.1) is 0 Å². The van der Waals surface area contributed by atoms with Crippen molar-refractivity contribution >= 4 is 43.6 Å². The lowest BCUT2D eigenvalue weighted by Crippen LogP contribution is -2.32. The van der Waals surface area contributed by atoms with Crippen molar-refractivity contribution in [1.82, 2.24) is 19.1 Å². The molecule has 0 fully saturated rings. The summed E-state index contributed by atoms with van der Waals surface area (Å²) in [5.41, 5.74) is 16.2. The van der Waals surface area contributed by atoms with Gasteiger partial charge in [0.1, 0.15) is 11.5 Å². The molecule has 2 aliphatic rings. The second kappa shape index (κ2) is 13.0. The van der Waals surface area contributed by atoms with Crippen LogP contribution < -0.4 is 4.74 Å². The van der Waals surface area contributed by atoms with Gasteiger partial charge in [-0.2, -0.15) is 0 Å². The molecule has 1 aliphatic heterocycles. The number of hydrogen-bond acceptors (Lipinski definition) is 3. The zero-order chi connectivity index (χ0) is 44.1. The minimum atomic E-state index is -0.780. The van der Waals surface area contributed by atoms with Gasteiger partial charge in [-0.25, -0.2) is 0 Å². The molecule has 1 aliphatic carbocycles. The third-order valence-corrected chi connectivity index (χ3v) is 14.2. The van der Waals surface area contributed by atoms with Gasteiger partial charge in [0.15, 0.2) is 0 Å². The third-order valence-electron chi connectivity index (χ3n) is 14.2. The summed E-state index contributed by atoms with van der Waals surface area (Å²) in [4.78, 5) is 10.1. The highest BCUT2D eigenvalue weighted by Crippen LogP contribution is 2.62. The van der Waals surface area contributed by atoms with Crippen LogP contribution in [0.4, 0.5) is 0 Å². The second-order valence-corrected chi connectivity index (χ2v) is 21.1. The number of ether oxygens (including phenoxy) is 1. The van der Waals surface area contributed by atoms with Gasteiger partial charge in [0.2, 0.25) is 0 Å². The van der Waals surface area contributed by atoms with Crippen LogP contribution >= 0.6 is 0 Å². The van der Waals surface area contributed by atoms with E-state index < -0.39 is 5.41 Å². The molecular formula is C59H52N4O. The molecule has 0 bridgehead atoms. The van der Waals surface area contributed by atoms with E-state index in [1.165, 1.54) is 60.3 Å². The van der Waals surface area contributed by atoms with Gasteiger partial charge in [-0.3, -0.25) is 9.97 Å².